The number of rotatable bonds is 5. The van der Waals surface area contributed by atoms with Gasteiger partial charge in [0.05, 0.1) is 7.11 Å². The Bertz CT molecular complexity index is 812. The van der Waals surface area contributed by atoms with Crippen molar-refractivity contribution in [2.75, 3.05) is 12.4 Å². The molecule has 2 aromatic carbocycles. The molecule has 0 heterocycles. The molecule has 0 aliphatic rings. The van der Waals surface area contributed by atoms with E-state index in [4.69, 9.17) is 21.1 Å². The van der Waals surface area contributed by atoms with Gasteiger partial charge in [-0.15, -0.1) is 0 Å². The van der Waals surface area contributed by atoms with Crippen molar-refractivity contribution < 1.29 is 19.1 Å². The lowest BCUT2D eigenvalue weighted by atomic mass is 10.0. The van der Waals surface area contributed by atoms with E-state index in [0.29, 0.717) is 27.6 Å². The summed E-state index contributed by atoms with van der Waals surface area (Å²) in [7, 11) is 1.54. The van der Waals surface area contributed by atoms with Gasteiger partial charge in [-0.05, 0) is 56.7 Å². The molecule has 2 rings (SSSR count). The van der Waals surface area contributed by atoms with Crippen LogP contribution in [0.1, 0.15) is 36.7 Å². The highest BCUT2D eigenvalue weighted by molar-refractivity contribution is 6.31. The molecule has 0 aromatic heterocycles. The molecule has 0 radical (unpaired) electrons. The zero-order chi connectivity index (χ0) is 19.3. The first-order valence-electron chi connectivity index (χ1n) is 8.13. The van der Waals surface area contributed by atoms with E-state index in [1.165, 1.54) is 0 Å². The summed E-state index contributed by atoms with van der Waals surface area (Å²) >= 11 is 5.96. The molecule has 0 saturated carbocycles. The number of methoxy groups -OCH3 is 1. The Morgan fingerprint density at radius 3 is 2.46 bits per heavy atom. The number of ether oxygens (including phenoxy) is 2. The van der Waals surface area contributed by atoms with Gasteiger partial charge in [-0.2, -0.15) is 0 Å². The van der Waals surface area contributed by atoms with Crippen molar-refractivity contribution in [3.8, 4) is 5.75 Å². The summed E-state index contributed by atoms with van der Waals surface area (Å²) in [6, 6.07) is 11.9. The van der Waals surface area contributed by atoms with Gasteiger partial charge in [0.1, 0.15) is 11.4 Å². The quantitative estimate of drug-likeness (QED) is 0.736. The predicted molar refractivity (Wildman–Crippen MR) is 102 cm³/mol. The van der Waals surface area contributed by atoms with Crippen LogP contribution in [0.5, 0.6) is 5.75 Å². The molecule has 2 aromatic rings. The van der Waals surface area contributed by atoms with Gasteiger partial charge in [0, 0.05) is 22.7 Å². The zero-order valence-electron chi connectivity index (χ0n) is 15.3. The Balaban J connectivity index is 2.25. The van der Waals surface area contributed by atoms with E-state index in [1.54, 1.807) is 70.3 Å². The second-order valence-corrected chi connectivity index (χ2v) is 7.20. The van der Waals surface area contributed by atoms with Crippen LogP contribution in [-0.4, -0.2) is 24.6 Å². The van der Waals surface area contributed by atoms with E-state index in [0.717, 1.165) is 0 Å². The van der Waals surface area contributed by atoms with Crippen molar-refractivity contribution in [3.05, 3.63) is 58.6 Å². The fourth-order valence-electron chi connectivity index (χ4n) is 2.32. The number of halogens is 1. The standard InChI is InChI=1S/C20H22ClNO4/c1-20(2,3)26-19(24)22-17-9-8-16(25-4)11-14(17)12-18(23)13-6-5-7-15(21)10-13/h5-11H,12H2,1-4H3,(H,22,24). The lowest BCUT2D eigenvalue weighted by molar-refractivity contribution is 0.0635. The molecule has 0 fully saturated rings. The number of hydrogen-bond acceptors (Lipinski definition) is 4. The Hall–Kier alpha value is -2.53. The maximum atomic E-state index is 12.6. The van der Waals surface area contributed by atoms with Gasteiger partial charge in [0.15, 0.2) is 5.78 Å². The maximum Gasteiger partial charge on any atom is 0.412 e. The first kappa shape index (κ1) is 19.8. The van der Waals surface area contributed by atoms with Gasteiger partial charge in [-0.1, -0.05) is 23.7 Å². The minimum absolute atomic E-state index is 0.0860. The molecular formula is C20H22ClNO4. The summed E-state index contributed by atoms with van der Waals surface area (Å²) in [6.45, 7) is 5.35. The molecule has 6 heteroatoms. The number of benzene rings is 2. The normalized spacial score (nSPS) is 11.0. The number of anilines is 1. The van der Waals surface area contributed by atoms with Crippen LogP contribution in [0.2, 0.25) is 5.02 Å². The Labute approximate surface area is 158 Å². The highest BCUT2D eigenvalue weighted by Gasteiger charge is 2.18. The smallest absolute Gasteiger partial charge is 0.412 e. The monoisotopic (exact) mass is 375 g/mol. The fourth-order valence-corrected chi connectivity index (χ4v) is 2.51. The van der Waals surface area contributed by atoms with Crippen molar-refractivity contribution in [2.45, 2.75) is 32.8 Å². The summed E-state index contributed by atoms with van der Waals surface area (Å²) in [5.74, 6) is 0.474. The largest absolute Gasteiger partial charge is 0.497 e. The summed E-state index contributed by atoms with van der Waals surface area (Å²) < 4.78 is 10.5. The van der Waals surface area contributed by atoms with Crippen LogP contribution in [0.25, 0.3) is 0 Å². The second-order valence-electron chi connectivity index (χ2n) is 6.76. The summed E-state index contributed by atoms with van der Waals surface area (Å²) in [6.07, 6.45) is -0.498. The molecule has 0 bridgehead atoms. The van der Waals surface area contributed by atoms with Crippen molar-refractivity contribution in [1.82, 2.24) is 0 Å². The predicted octanol–water partition coefficient (Wildman–Crippen LogP) is 5.12. The summed E-state index contributed by atoms with van der Waals surface area (Å²) in [5.41, 5.74) is 1.01. The lowest BCUT2D eigenvalue weighted by Gasteiger charge is -2.20. The molecule has 1 N–H and O–H groups in total. The molecular weight excluding hydrogens is 354 g/mol. The SMILES string of the molecule is COc1ccc(NC(=O)OC(C)(C)C)c(CC(=O)c2cccc(Cl)c2)c1. The minimum atomic E-state index is -0.618. The first-order chi connectivity index (χ1) is 12.2. The number of nitrogens with one attached hydrogen (secondary N) is 1. The molecule has 138 valence electrons. The first-order valence-corrected chi connectivity index (χ1v) is 8.51. The van der Waals surface area contributed by atoms with Gasteiger partial charge in [-0.3, -0.25) is 10.1 Å². The van der Waals surface area contributed by atoms with E-state index in [2.05, 4.69) is 5.32 Å². The molecule has 0 unspecified atom stereocenters. The van der Waals surface area contributed by atoms with Gasteiger partial charge >= 0.3 is 6.09 Å². The van der Waals surface area contributed by atoms with Crippen LogP contribution in [0.15, 0.2) is 42.5 Å². The number of carbonyl (C=O) groups is 2. The topological polar surface area (TPSA) is 64.6 Å². The van der Waals surface area contributed by atoms with E-state index >= 15 is 0 Å². The third-order valence-electron chi connectivity index (χ3n) is 3.45. The van der Waals surface area contributed by atoms with Crippen molar-refractivity contribution in [2.24, 2.45) is 0 Å². The number of hydrogen-bond donors (Lipinski definition) is 1. The Morgan fingerprint density at radius 2 is 1.85 bits per heavy atom. The molecule has 0 saturated heterocycles. The van der Waals surface area contributed by atoms with Crippen LogP contribution < -0.4 is 10.1 Å². The van der Waals surface area contributed by atoms with Gasteiger partial charge in [0.25, 0.3) is 0 Å². The van der Waals surface area contributed by atoms with Crippen molar-refractivity contribution in [3.63, 3.8) is 0 Å². The van der Waals surface area contributed by atoms with Gasteiger partial charge < -0.3 is 9.47 Å². The molecule has 5 nitrogen and oxygen atoms in total. The van der Waals surface area contributed by atoms with E-state index in [1.807, 2.05) is 0 Å². The van der Waals surface area contributed by atoms with Crippen LogP contribution in [0, 0.1) is 0 Å². The Morgan fingerprint density at radius 1 is 1.12 bits per heavy atom. The van der Waals surface area contributed by atoms with Crippen LogP contribution in [0.3, 0.4) is 0 Å². The fraction of sp³-hybridized carbons (Fsp3) is 0.300. The molecule has 26 heavy (non-hydrogen) atoms. The van der Waals surface area contributed by atoms with E-state index < -0.39 is 11.7 Å². The van der Waals surface area contributed by atoms with Crippen LogP contribution in [-0.2, 0) is 11.2 Å². The number of Topliss-reactive ketones (excluding diaryl/α,β-unsaturated/α-hetero) is 1. The molecule has 0 spiro atoms. The molecule has 0 aliphatic heterocycles. The zero-order valence-corrected chi connectivity index (χ0v) is 16.0. The molecule has 1 amide bonds. The summed E-state index contributed by atoms with van der Waals surface area (Å²) in [4.78, 5) is 24.7. The van der Waals surface area contributed by atoms with Crippen molar-refractivity contribution in [1.29, 1.82) is 0 Å². The molecule has 0 aliphatic carbocycles. The van der Waals surface area contributed by atoms with Crippen molar-refractivity contribution >= 4 is 29.2 Å². The Kier molecular flexibility index (Phi) is 6.27. The number of amides is 1. The summed E-state index contributed by atoms with van der Waals surface area (Å²) in [5, 5.41) is 3.19. The third kappa shape index (κ3) is 5.77. The van der Waals surface area contributed by atoms with Crippen LogP contribution in [0.4, 0.5) is 10.5 Å². The van der Waals surface area contributed by atoms with Gasteiger partial charge in [-0.25, -0.2) is 4.79 Å². The average Bonchev–Trinajstić information content (AvgIpc) is 2.54. The minimum Gasteiger partial charge on any atom is -0.497 e. The number of ketones is 1. The lowest BCUT2D eigenvalue weighted by Crippen LogP contribution is -2.27. The number of carbonyl (C=O) groups excluding carboxylic acids is 2. The van der Waals surface area contributed by atoms with E-state index in [-0.39, 0.29) is 12.2 Å². The highest BCUT2D eigenvalue weighted by Crippen LogP contribution is 2.25. The second kappa shape index (κ2) is 8.23. The van der Waals surface area contributed by atoms with Crippen LogP contribution >= 0.6 is 11.6 Å². The highest BCUT2D eigenvalue weighted by atomic mass is 35.5. The van der Waals surface area contributed by atoms with Gasteiger partial charge in [0.2, 0.25) is 0 Å². The molecule has 0 atom stereocenters. The van der Waals surface area contributed by atoms with E-state index in [9.17, 15) is 9.59 Å². The maximum absolute atomic E-state index is 12.6. The average molecular weight is 376 g/mol. The third-order valence-corrected chi connectivity index (χ3v) is 3.68.